The number of piperidine rings is 1. The van der Waals surface area contributed by atoms with Crippen molar-refractivity contribution in [3.63, 3.8) is 0 Å². The SMILES string of the molecule is O=C(O)C1CC12CCN(C(=O)c1ccc(C3SCCCS3)cc1)CC2. The number of carboxylic acids is 1. The molecule has 3 fully saturated rings. The highest BCUT2D eigenvalue weighted by molar-refractivity contribution is 8.16. The van der Waals surface area contributed by atoms with E-state index >= 15 is 0 Å². The lowest BCUT2D eigenvalue weighted by atomic mass is 9.90. The zero-order valence-corrected chi connectivity index (χ0v) is 15.8. The van der Waals surface area contributed by atoms with Crippen LogP contribution in [0.3, 0.4) is 0 Å². The minimum Gasteiger partial charge on any atom is -0.481 e. The molecule has 4 rings (SSSR count). The van der Waals surface area contributed by atoms with Gasteiger partial charge in [0, 0.05) is 18.7 Å². The van der Waals surface area contributed by atoms with E-state index in [2.05, 4.69) is 12.1 Å². The highest BCUT2D eigenvalue weighted by Gasteiger charge is 2.59. The molecule has 1 spiro atoms. The summed E-state index contributed by atoms with van der Waals surface area (Å²) in [5.41, 5.74) is 2.02. The van der Waals surface area contributed by atoms with Gasteiger partial charge in [0.25, 0.3) is 5.91 Å². The second-order valence-corrected chi connectivity index (χ2v) is 10.0. The van der Waals surface area contributed by atoms with Crippen LogP contribution in [0.25, 0.3) is 0 Å². The third kappa shape index (κ3) is 3.43. The van der Waals surface area contributed by atoms with Crippen molar-refractivity contribution in [1.82, 2.24) is 4.90 Å². The van der Waals surface area contributed by atoms with Crippen LogP contribution in [-0.2, 0) is 4.79 Å². The van der Waals surface area contributed by atoms with Crippen molar-refractivity contribution in [3.05, 3.63) is 35.4 Å². The fourth-order valence-corrected chi connectivity index (χ4v) is 6.94. The van der Waals surface area contributed by atoms with Crippen LogP contribution in [0.4, 0.5) is 0 Å². The average Bonchev–Trinajstić information content (AvgIpc) is 3.36. The van der Waals surface area contributed by atoms with E-state index in [1.807, 2.05) is 40.6 Å². The lowest BCUT2D eigenvalue weighted by Gasteiger charge is -2.32. The van der Waals surface area contributed by atoms with Crippen molar-refractivity contribution in [3.8, 4) is 0 Å². The number of hydrogen-bond acceptors (Lipinski definition) is 4. The maximum absolute atomic E-state index is 12.7. The van der Waals surface area contributed by atoms with Gasteiger partial charge in [-0.15, -0.1) is 23.5 Å². The van der Waals surface area contributed by atoms with Crippen LogP contribution in [0.5, 0.6) is 0 Å². The quantitative estimate of drug-likeness (QED) is 0.866. The maximum Gasteiger partial charge on any atom is 0.307 e. The Kier molecular flexibility index (Phi) is 4.75. The summed E-state index contributed by atoms with van der Waals surface area (Å²) in [6.07, 6.45) is 3.71. The van der Waals surface area contributed by atoms with Gasteiger partial charge in [-0.2, -0.15) is 0 Å². The lowest BCUT2D eigenvalue weighted by molar-refractivity contribution is -0.139. The second-order valence-electron chi connectivity index (χ2n) is 7.30. The van der Waals surface area contributed by atoms with E-state index in [-0.39, 0.29) is 17.2 Å². The predicted octanol–water partition coefficient (Wildman–Crippen LogP) is 3.88. The Hall–Kier alpha value is -1.14. The third-order valence-corrected chi connectivity index (χ3v) is 8.81. The van der Waals surface area contributed by atoms with E-state index in [1.54, 1.807) is 0 Å². The Balaban J connectivity index is 1.36. The first-order valence-electron chi connectivity index (χ1n) is 8.94. The molecule has 0 bridgehead atoms. The second kappa shape index (κ2) is 6.88. The smallest absolute Gasteiger partial charge is 0.307 e. The number of carboxylic acid groups (broad SMARTS) is 1. The zero-order valence-electron chi connectivity index (χ0n) is 14.1. The van der Waals surface area contributed by atoms with E-state index in [4.69, 9.17) is 0 Å². The molecule has 1 unspecified atom stereocenters. The number of carbonyl (C=O) groups is 2. The molecular weight excluding hydrogens is 354 g/mol. The number of carbonyl (C=O) groups excluding carboxylic acids is 1. The molecule has 1 N–H and O–H groups in total. The van der Waals surface area contributed by atoms with Crippen LogP contribution in [0.15, 0.2) is 24.3 Å². The molecule has 1 aromatic rings. The molecule has 2 saturated heterocycles. The van der Waals surface area contributed by atoms with Crippen LogP contribution in [0, 0.1) is 11.3 Å². The number of nitrogens with zero attached hydrogens (tertiary/aromatic N) is 1. The summed E-state index contributed by atoms with van der Waals surface area (Å²) < 4.78 is 0.496. The summed E-state index contributed by atoms with van der Waals surface area (Å²) in [5, 5.41) is 9.17. The van der Waals surface area contributed by atoms with Gasteiger partial charge < -0.3 is 10.0 Å². The molecule has 2 aliphatic heterocycles. The van der Waals surface area contributed by atoms with Crippen molar-refractivity contribution < 1.29 is 14.7 Å². The molecule has 6 heteroatoms. The highest BCUT2D eigenvalue weighted by Crippen LogP contribution is 2.59. The summed E-state index contributed by atoms with van der Waals surface area (Å²) in [5.74, 6) is 1.65. The van der Waals surface area contributed by atoms with Crippen molar-refractivity contribution >= 4 is 35.4 Å². The molecular formula is C19H23NO3S2. The topological polar surface area (TPSA) is 57.6 Å². The van der Waals surface area contributed by atoms with E-state index in [0.717, 1.165) is 24.8 Å². The zero-order chi connectivity index (χ0) is 17.4. The minimum atomic E-state index is -0.672. The van der Waals surface area contributed by atoms with Gasteiger partial charge in [-0.05, 0) is 60.3 Å². The molecule has 1 aromatic carbocycles. The van der Waals surface area contributed by atoms with Crippen molar-refractivity contribution in [1.29, 1.82) is 0 Å². The van der Waals surface area contributed by atoms with Gasteiger partial charge in [-0.1, -0.05) is 12.1 Å². The number of aliphatic carboxylic acids is 1. The fourth-order valence-electron chi connectivity index (χ4n) is 4.05. The van der Waals surface area contributed by atoms with Gasteiger partial charge in [0.1, 0.15) is 0 Å². The van der Waals surface area contributed by atoms with Crippen LogP contribution < -0.4 is 0 Å². The van der Waals surface area contributed by atoms with E-state index in [0.29, 0.717) is 17.7 Å². The molecule has 1 saturated carbocycles. The first-order valence-corrected chi connectivity index (χ1v) is 11.0. The fraction of sp³-hybridized carbons (Fsp3) is 0.579. The number of hydrogen-bond donors (Lipinski definition) is 1. The molecule has 1 amide bonds. The Morgan fingerprint density at radius 2 is 1.72 bits per heavy atom. The molecule has 3 aliphatic rings. The Labute approximate surface area is 156 Å². The predicted molar refractivity (Wildman–Crippen MR) is 102 cm³/mol. The molecule has 0 aromatic heterocycles. The number of rotatable bonds is 3. The standard InChI is InChI=1S/C19H23NO3S2/c21-16(20-8-6-19(7-9-20)12-15(19)17(22)23)13-2-4-14(5-3-13)18-24-10-1-11-25-18/h2-5,15,18H,1,6-12H2,(H,22,23). The largest absolute Gasteiger partial charge is 0.481 e. The molecule has 1 aliphatic carbocycles. The first-order chi connectivity index (χ1) is 12.1. The van der Waals surface area contributed by atoms with Gasteiger partial charge >= 0.3 is 5.97 Å². The monoisotopic (exact) mass is 377 g/mol. The Morgan fingerprint density at radius 3 is 2.28 bits per heavy atom. The van der Waals surface area contributed by atoms with Gasteiger partial charge in [-0.3, -0.25) is 9.59 Å². The summed E-state index contributed by atoms with van der Waals surface area (Å²) in [6.45, 7) is 1.36. The first kappa shape index (κ1) is 17.3. The summed E-state index contributed by atoms with van der Waals surface area (Å²) in [7, 11) is 0. The highest BCUT2D eigenvalue weighted by atomic mass is 32.2. The molecule has 2 heterocycles. The van der Waals surface area contributed by atoms with Crippen molar-refractivity contribution in [2.45, 2.75) is 30.3 Å². The Bertz CT molecular complexity index is 662. The molecule has 4 nitrogen and oxygen atoms in total. The van der Waals surface area contributed by atoms with Crippen LogP contribution in [-0.4, -0.2) is 46.5 Å². The summed E-state index contributed by atoms with van der Waals surface area (Å²) in [4.78, 5) is 25.8. The third-order valence-electron chi connectivity index (χ3n) is 5.79. The molecule has 0 radical (unpaired) electrons. The average molecular weight is 378 g/mol. The molecule has 1 atom stereocenters. The summed E-state index contributed by atoms with van der Waals surface area (Å²) >= 11 is 3.97. The molecule has 134 valence electrons. The van der Waals surface area contributed by atoms with E-state index in [9.17, 15) is 14.7 Å². The number of likely N-dealkylation sites (tertiary alicyclic amines) is 1. The number of benzene rings is 1. The van der Waals surface area contributed by atoms with E-state index in [1.165, 1.54) is 23.5 Å². The molecule has 25 heavy (non-hydrogen) atoms. The van der Waals surface area contributed by atoms with Gasteiger partial charge in [-0.25, -0.2) is 0 Å². The van der Waals surface area contributed by atoms with Crippen LogP contribution in [0.1, 0.15) is 46.2 Å². The van der Waals surface area contributed by atoms with Crippen molar-refractivity contribution in [2.24, 2.45) is 11.3 Å². The maximum atomic E-state index is 12.7. The van der Waals surface area contributed by atoms with Crippen molar-refractivity contribution in [2.75, 3.05) is 24.6 Å². The minimum absolute atomic E-state index is 0.0259. The van der Waals surface area contributed by atoms with Crippen LogP contribution >= 0.6 is 23.5 Å². The van der Waals surface area contributed by atoms with E-state index < -0.39 is 5.97 Å². The number of thioether (sulfide) groups is 2. The summed E-state index contributed by atoms with van der Waals surface area (Å²) in [6, 6.07) is 8.09. The van der Waals surface area contributed by atoms with Gasteiger partial charge in [0.2, 0.25) is 0 Å². The van der Waals surface area contributed by atoms with Crippen LogP contribution in [0.2, 0.25) is 0 Å². The lowest BCUT2D eigenvalue weighted by Crippen LogP contribution is -2.40. The number of amides is 1. The van der Waals surface area contributed by atoms with Gasteiger partial charge in [0.15, 0.2) is 0 Å². The normalized spacial score (nSPS) is 25.8. The van der Waals surface area contributed by atoms with Gasteiger partial charge in [0.05, 0.1) is 10.5 Å². The Morgan fingerprint density at radius 1 is 1.08 bits per heavy atom.